The topological polar surface area (TPSA) is 129 Å². The van der Waals surface area contributed by atoms with Crippen molar-refractivity contribution in [1.29, 1.82) is 0 Å². The number of rotatable bonds is 9. The summed E-state index contributed by atoms with van der Waals surface area (Å²) in [7, 11) is 1.23. The smallest absolute Gasteiger partial charge is 0.465 e. The van der Waals surface area contributed by atoms with Crippen LogP contribution in [0.25, 0.3) is 0 Å². The molecule has 0 heterocycles. The van der Waals surface area contributed by atoms with Crippen LogP contribution in [-0.4, -0.2) is 47.8 Å². The number of benzene rings is 3. The molecule has 0 aliphatic heterocycles. The van der Waals surface area contributed by atoms with Crippen LogP contribution in [0.1, 0.15) is 21.5 Å². The van der Waals surface area contributed by atoms with Gasteiger partial charge in [0.15, 0.2) is 17.3 Å². The summed E-state index contributed by atoms with van der Waals surface area (Å²) in [6, 6.07) is 21.5. The Morgan fingerprint density at radius 2 is 1.22 bits per heavy atom. The van der Waals surface area contributed by atoms with E-state index in [4.69, 9.17) is 24.1 Å². The minimum atomic E-state index is -1.29. The second-order valence-electron chi connectivity index (χ2n) is 7.48. The predicted octanol–water partition coefficient (Wildman–Crippen LogP) is 4.91. The lowest BCUT2D eigenvalue weighted by atomic mass is 10.1. The van der Waals surface area contributed by atoms with Crippen molar-refractivity contribution >= 4 is 24.2 Å². The molecule has 3 aromatic carbocycles. The van der Waals surface area contributed by atoms with E-state index < -0.39 is 30.7 Å². The van der Waals surface area contributed by atoms with Gasteiger partial charge in [0, 0.05) is 12.6 Å². The summed E-state index contributed by atoms with van der Waals surface area (Å²) in [6.07, 6.45) is -3.45. The van der Waals surface area contributed by atoms with Gasteiger partial charge in [-0.1, -0.05) is 60.7 Å². The van der Waals surface area contributed by atoms with Gasteiger partial charge in [-0.05, 0) is 29.3 Å². The summed E-state index contributed by atoms with van der Waals surface area (Å²) in [5.41, 5.74) is 1.48. The highest BCUT2D eigenvalue weighted by Crippen LogP contribution is 2.30. The molecule has 0 aliphatic carbocycles. The molecule has 0 aromatic heterocycles. The highest BCUT2D eigenvalue weighted by Gasteiger charge is 2.20. The molecule has 1 N–H and O–H groups in total. The SMILES string of the molecule is CN(CC(=O)c1ccc(OC(=O)OCc2ccccc2)c(OC(=O)OCc2ccccc2)c1)C(=O)O. The van der Waals surface area contributed by atoms with Crippen LogP contribution in [-0.2, 0) is 22.7 Å². The zero-order chi connectivity index (χ0) is 25.9. The fraction of sp³-hybridized carbons (Fsp3) is 0.154. The normalized spacial score (nSPS) is 10.1. The van der Waals surface area contributed by atoms with Gasteiger partial charge >= 0.3 is 18.4 Å². The largest absolute Gasteiger partial charge is 0.514 e. The molecule has 1 amide bonds. The molecule has 10 heteroatoms. The summed E-state index contributed by atoms with van der Waals surface area (Å²) in [5, 5.41) is 9.00. The number of hydrogen-bond donors (Lipinski definition) is 1. The zero-order valence-corrected chi connectivity index (χ0v) is 19.3. The van der Waals surface area contributed by atoms with Gasteiger partial charge in [0.1, 0.15) is 13.2 Å². The van der Waals surface area contributed by atoms with E-state index in [9.17, 15) is 19.2 Å². The van der Waals surface area contributed by atoms with E-state index in [1.54, 1.807) is 48.5 Å². The lowest BCUT2D eigenvalue weighted by Gasteiger charge is -2.14. The Morgan fingerprint density at radius 3 is 1.72 bits per heavy atom. The lowest BCUT2D eigenvalue weighted by Crippen LogP contribution is -2.30. The molecule has 3 aromatic rings. The van der Waals surface area contributed by atoms with Gasteiger partial charge in [0.25, 0.3) is 0 Å². The predicted molar refractivity (Wildman–Crippen MR) is 126 cm³/mol. The summed E-state index contributed by atoms with van der Waals surface area (Å²) in [6.45, 7) is -0.559. The van der Waals surface area contributed by atoms with Gasteiger partial charge in [-0.15, -0.1) is 0 Å². The molecule has 0 bridgehead atoms. The van der Waals surface area contributed by atoms with E-state index in [0.717, 1.165) is 22.1 Å². The van der Waals surface area contributed by atoms with Crippen LogP contribution in [0, 0.1) is 0 Å². The molecular formula is C26H23NO9. The highest BCUT2D eigenvalue weighted by atomic mass is 16.7. The van der Waals surface area contributed by atoms with Crippen LogP contribution >= 0.6 is 0 Å². The van der Waals surface area contributed by atoms with Crippen LogP contribution < -0.4 is 9.47 Å². The molecule has 36 heavy (non-hydrogen) atoms. The number of amides is 1. The minimum absolute atomic E-state index is 0.0268. The van der Waals surface area contributed by atoms with Gasteiger partial charge in [-0.3, -0.25) is 4.79 Å². The standard InChI is InChI=1S/C26H23NO9/c1-27(24(29)30)15-21(28)20-12-13-22(35-25(31)33-16-18-8-4-2-5-9-18)23(14-20)36-26(32)34-17-19-10-6-3-7-11-19/h2-14H,15-17H2,1H3,(H,29,30). The van der Waals surface area contributed by atoms with Crippen LogP contribution in [0.3, 0.4) is 0 Å². The van der Waals surface area contributed by atoms with Gasteiger partial charge in [-0.2, -0.15) is 0 Å². The van der Waals surface area contributed by atoms with Crippen molar-refractivity contribution in [2.24, 2.45) is 0 Å². The second kappa shape index (κ2) is 12.6. The third-order valence-corrected chi connectivity index (χ3v) is 4.76. The first-order valence-corrected chi connectivity index (χ1v) is 10.7. The van der Waals surface area contributed by atoms with E-state index in [0.29, 0.717) is 0 Å². The van der Waals surface area contributed by atoms with Crippen LogP contribution in [0.2, 0.25) is 0 Å². The van der Waals surface area contributed by atoms with Crippen molar-refractivity contribution < 1.29 is 43.2 Å². The Labute approximate surface area is 206 Å². The maximum absolute atomic E-state index is 12.5. The Balaban J connectivity index is 1.73. The number of ether oxygens (including phenoxy) is 4. The number of carboxylic acid groups (broad SMARTS) is 1. The quantitative estimate of drug-likeness (QED) is 0.251. The molecule has 186 valence electrons. The third kappa shape index (κ3) is 7.87. The van der Waals surface area contributed by atoms with E-state index >= 15 is 0 Å². The minimum Gasteiger partial charge on any atom is -0.465 e. The van der Waals surface area contributed by atoms with Crippen molar-refractivity contribution in [3.63, 3.8) is 0 Å². The van der Waals surface area contributed by atoms with Crippen molar-refractivity contribution in [2.75, 3.05) is 13.6 Å². The zero-order valence-electron chi connectivity index (χ0n) is 19.3. The second-order valence-corrected chi connectivity index (χ2v) is 7.48. The average molecular weight is 493 g/mol. The average Bonchev–Trinajstić information content (AvgIpc) is 2.88. The van der Waals surface area contributed by atoms with Crippen molar-refractivity contribution in [3.05, 3.63) is 95.6 Å². The van der Waals surface area contributed by atoms with Crippen molar-refractivity contribution in [1.82, 2.24) is 4.90 Å². The number of ketones is 1. The lowest BCUT2D eigenvalue weighted by molar-refractivity contribution is 0.0830. The molecule has 0 radical (unpaired) electrons. The van der Waals surface area contributed by atoms with Gasteiger partial charge in [-0.25, -0.2) is 14.4 Å². The maximum atomic E-state index is 12.5. The van der Waals surface area contributed by atoms with Crippen molar-refractivity contribution in [2.45, 2.75) is 13.2 Å². The third-order valence-electron chi connectivity index (χ3n) is 4.76. The summed E-state index contributed by atoms with van der Waals surface area (Å²) < 4.78 is 20.5. The van der Waals surface area contributed by atoms with E-state index in [2.05, 4.69) is 0 Å². The number of nitrogens with zero attached hydrogens (tertiary/aromatic N) is 1. The first kappa shape index (κ1) is 25.8. The molecule has 0 atom stereocenters. The molecule has 3 rings (SSSR count). The number of Topliss-reactive ketones (excluding diaryl/α,β-unsaturated/α-hetero) is 1. The fourth-order valence-corrected chi connectivity index (χ4v) is 2.89. The van der Waals surface area contributed by atoms with Crippen LogP contribution in [0.15, 0.2) is 78.9 Å². The van der Waals surface area contributed by atoms with Crippen molar-refractivity contribution in [3.8, 4) is 11.5 Å². The maximum Gasteiger partial charge on any atom is 0.514 e. The number of carbonyl (C=O) groups excluding carboxylic acids is 3. The first-order valence-electron chi connectivity index (χ1n) is 10.7. The Hall–Kier alpha value is -4.86. The number of hydrogen-bond acceptors (Lipinski definition) is 8. The summed E-state index contributed by atoms with van der Waals surface area (Å²) in [4.78, 5) is 48.8. The number of likely N-dealkylation sites (N-methyl/N-ethyl adjacent to an activating group) is 1. The molecular weight excluding hydrogens is 470 g/mol. The summed E-state index contributed by atoms with van der Waals surface area (Å²) in [5.74, 6) is -1.05. The van der Waals surface area contributed by atoms with Crippen LogP contribution in [0.5, 0.6) is 11.5 Å². The molecule has 0 saturated carbocycles. The molecule has 0 aliphatic rings. The number of carbonyl (C=O) groups is 4. The Kier molecular flexibility index (Phi) is 8.99. The molecule has 0 saturated heterocycles. The van der Waals surface area contributed by atoms with Gasteiger partial charge < -0.3 is 29.0 Å². The Bertz CT molecular complexity index is 1210. The fourth-order valence-electron chi connectivity index (χ4n) is 2.89. The van der Waals surface area contributed by atoms with Crippen LogP contribution in [0.4, 0.5) is 14.4 Å². The first-order chi connectivity index (χ1) is 17.3. The summed E-state index contributed by atoms with van der Waals surface area (Å²) >= 11 is 0. The van der Waals surface area contributed by atoms with E-state index in [1.807, 2.05) is 12.1 Å². The molecule has 0 fully saturated rings. The highest BCUT2D eigenvalue weighted by molar-refractivity contribution is 5.99. The Morgan fingerprint density at radius 1 is 0.722 bits per heavy atom. The molecule has 10 nitrogen and oxygen atoms in total. The van der Waals surface area contributed by atoms with Gasteiger partial charge in [0.05, 0.1) is 6.54 Å². The van der Waals surface area contributed by atoms with E-state index in [-0.39, 0.29) is 30.3 Å². The van der Waals surface area contributed by atoms with Gasteiger partial charge in [0.2, 0.25) is 0 Å². The molecule has 0 unspecified atom stereocenters. The monoisotopic (exact) mass is 493 g/mol. The van der Waals surface area contributed by atoms with E-state index in [1.165, 1.54) is 19.2 Å². The molecule has 0 spiro atoms.